The van der Waals surface area contributed by atoms with Gasteiger partial charge in [0.1, 0.15) is 12.4 Å². The number of nitrogens with zero attached hydrogens (tertiary/aromatic N) is 2. The topological polar surface area (TPSA) is 42.8 Å². The van der Waals surface area contributed by atoms with Crippen LogP contribution in [0.4, 0.5) is 13.2 Å². The Morgan fingerprint density at radius 3 is 2.42 bits per heavy atom. The second kappa shape index (κ2) is 6.48. The average Bonchev–Trinajstić information content (AvgIpc) is 2.94. The number of nitrogens with one attached hydrogen (secondary N) is 1. The van der Waals surface area contributed by atoms with Crippen LogP contribution < -0.4 is 4.74 Å². The van der Waals surface area contributed by atoms with Gasteiger partial charge < -0.3 is 4.74 Å². The lowest BCUT2D eigenvalue weighted by Gasteiger charge is -2.14. The Balaban J connectivity index is 1.99. The monoisotopic (exact) mass is 351 g/mol. The third kappa shape index (κ3) is 3.33. The summed E-state index contributed by atoms with van der Waals surface area (Å²) in [6.07, 6.45) is -4.50. The summed E-state index contributed by atoms with van der Waals surface area (Å²) in [6, 6.07) is 14.1. The van der Waals surface area contributed by atoms with E-state index in [-0.39, 0.29) is 22.9 Å². The molecule has 0 atom stereocenters. The first-order valence-electron chi connectivity index (χ1n) is 6.97. The second-order valence-corrected chi connectivity index (χ2v) is 5.28. The number of halogens is 3. The summed E-state index contributed by atoms with van der Waals surface area (Å²) in [5, 5.41) is 6.50. The molecule has 0 fully saturated rings. The number of hydrogen-bond donors (Lipinski definition) is 1. The van der Waals surface area contributed by atoms with E-state index < -0.39 is 11.7 Å². The quantitative estimate of drug-likeness (QED) is 0.703. The Morgan fingerprint density at radius 1 is 1.04 bits per heavy atom. The van der Waals surface area contributed by atoms with Crippen molar-refractivity contribution in [3.63, 3.8) is 0 Å². The van der Waals surface area contributed by atoms with E-state index >= 15 is 0 Å². The highest BCUT2D eigenvalue weighted by Crippen LogP contribution is 2.34. The first-order valence-corrected chi connectivity index (χ1v) is 7.38. The molecule has 0 saturated carbocycles. The van der Waals surface area contributed by atoms with Gasteiger partial charge in [0, 0.05) is 0 Å². The van der Waals surface area contributed by atoms with Crippen molar-refractivity contribution in [3.05, 3.63) is 70.8 Å². The average molecular weight is 351 g/mol. The minimum Gasteiger partial charge on any atom is -0.486 e. The van der Waals surface area contributed by atoms with Crippen molar-refractivity contribution >= 4 is 12.2 Å². The number of para-hydroxylation sites is 2. The molecule has 124 valence electrons. The summed E-state index contributed by atoms with van der Waals surface area (Å²) < 4.78 is 46.6. The van der Waals surface area contributed by atoms with Crippen molar-refractivity contribution in [2.45, 2.75) is 12.8 Å². The normalized spacial score (nSPS) is 11.5. The first kappa shape index (κ1) is 16.3. The van der Waals surface area contributed by atoms with Gasteiger partial charge >= 0.3 is 6.18 Å². The predicted molar refractivity (Wildman–Crippen MR) is 84.5 cm³/mol. The lowest BCUT2D eigenvalue weighted by molar-refractivity contribution is -0.137. The van der Waals surface area contributed by atoms with E-state index in [4.69, 9.17) is 17.0 Å². The summed E-state index contributed by atoms with van der Waals surface area (Å²) in [7, 11) is 0. The molecule has 1 heterocycles. The molecule has 24 heavy (non-hydrogen) atoms. The molecule has 0 aliphatic carbocycles. The number of rotatable bonds is 4. The van der Waals surface area contributed by atoms with Crippen molar-refractivity contribution in [3.8, 4) is 11.4 Å². The SMILES string of the molecule is FC(F)(F)c1ccccc1-n1c(COc2ccccc2)n[nH]c1=S. The number of H-pyrrole nitrogens is 1. The number of hydrogen-bond acceptors (Lipinski definition) is 3. The Morgan fingerprint density at radius 2 is 1.71 bits per heavy atom. The van der Waals surface area contributed by atoms with Crippen LogP contribution >= 0.6 is 12.2 Å². The first-order chi connectivity index (χ1) is 11.5. The number of ether oxygens (including phenoxy) is 1. The maximum absolute atomic E-state index is 13.2. The van der Waals surface area contributed by atoms with Gasteiger partial charge in [-0.25, -0.2) is 0 Å². The van der Waals surface area contributed by atoms with Gasteiger partial charge in [-0.05, 0) is 36.5 Å². The number of benzene rings is 2. The molecular formula is C16H12F3N3OS. The summed E-state index contributed by atoms with van der Waals surface area (Å²) in [5.41, 5.74) is -0.876. The number of aromatic nitrogens is 3. The molecule has 0 amide bonds. The Labute approximate surface area is 140 Å². The van der Waals surface area contributed by atoms with Gasteiger partial charge in [0.2, 0.25) is 0 Å². The van der Waals surface area contributed by atoms with Crippen LogP contribution in [0.3, 0.4) is 0 Å². The van der Waals surface area contributed by atoms with E-state index in [1.165, 1.54) is 22.8 Å². The van der Waals surface area contributed by atoms with Crippen LogP contribution in [-0.2, 0) is 12.8 Å². The highest BCUT2D eigenvalue weighted by atomic mass is 32.1. The molecule has 0 spiro atoms. The number of alkyl halides is 3. The zero-order valence-corrected chi connectivity index (χ0v) is 13.1. The maximum atomic E-state index is 13.2. The molecule has 2 aromatic carbocycles. The molecule has 0 bridgehead atoms. The molecule has 0 saturated heterocycles. The lowest BCUT2D eigenvalue weighted by atomic mass is 10.1. The van der Waals surface area contributed by atoms with Crippen LogP contribution in [0, 0.1) is 4.77 Å². The molecule has 1 N–H and O–H groups in total. The van der Waals surface area contributed by atoms with E-state index in [9.17, 15) is 13.2 Å². The van der Waals surface area contributed by atoms with E-state index in [2.05, 4.69) is 10.2 Å². The molecule has 0 aliphatic heterocycles. The third-order valence-corrected chi connectivity index (χ3v) is 3.58. The highest BCUT2D eigenvalue weighted by molar-refractivity contribution is 7.71. The summed E-state index contributed by atoms with van der Waals surface area (Å²) >= 11 is 5.09. The van der Waals surface area contributed by atoms with Crippen LogP contribution in [0.2, 0.25) is 0 Å². The van der Waals surface area contributed by atoms with Crippen molar-refractivity contribution in [2.24, 2.45) is 0 Å². The largest absolute Gasteiger partial charge is 0.486 e. The van der Waals surface area contributed by atoms with Gasteiger partial charge in [-0.15, -0.1) is 0 Å². The molecule has 0 unspecified atom stereocenters. The minimum absolute atomic E-state index is 0.0245. The highest BCUT2D eigenvalue weighted by Gasteiger charge is 2.34. The molecule has 8 heteroatoms. The van der Waals surface area contributed by atoms with Crippen molar-refractivity contribution in [1.29, 1.82) is 0 Å². The Kier molecular flexibility index (Phi) is 4.39. The van der Waals surface area contributed by atoms with E-state index in [1.807, 2.05) is 6.07 Å². The van der Waals surface area contributed by atoms with E-state index in [1.54, 1.807) is 24.3 Å². The van der Waals surface area contributed by atoms with Gasteiger partial charge in [-0.2, -0.15) is 18.3 Å². The van der Waals surface area contributed by atoms with Crippen molar-refractivity contribution < 1.29 is 17.9 Å². The van der Waals surface area contributed by atoms with Crippen LogP contribution in [0.1, 0.15) is 11.4 Å². The van der Waals surface area contributed by atoms with Crippen molar-refractivity contribution in [2.75, 3.05) is 0 Å². The third-order valence-electron chi connectivity index (χ3n) is 3.30. The standard InChI is InChI=1S/C16H12F3N3OS/c17-16(18,19)12-8-4-5-9-13(12)22-14(20-21-15(22)24)10-23-11-6-2-1-3-7-11/h1-9H,10H2,(H,21,24). The molecular weight excluding hydrogens is 339 g/mol. The fraction of sp³-hybridized carbons (Fsp3) is 0.125. The maximum Gasteiger partial charge on any atom is 0.418 e. The van der Waals surface area contributed by atoms with Gasteiger partial charge in [0.05, 0.1) is 11.3 Å². The zero-order valence-electron chi connectivity index (χ0n) is 12.2. The molecule has 3 rings (SSSR count). The van der Waals surface area contributed by atoms with Gasteiger partial charge in [-0.1, -0.05) is 30.3 Å². The second-order valence-electron chi connectivity index (χ2n) is 4.90. The molecule has 3 aromatic rings. The van der Waals surface area contributed by atoms with Crippen LogP contribution in [0.25, 0.3) is 5.69 Å². The minimum atomic E-state index is -4.50. The fourth-order valence-electron chi connectivity index (χ4n) is 2.25. The summed E-state index contributed by atoms with van der Waals surface area (Å²) in [6.45, 7) is -0.0245. The molecule has 1 aromatic heterocycles. The predicted octanol–water partition coefficient (Wildman–Crippen LogP) is 4.53. The summed E-state index contributed by atoms with van der Waals surface area (Å²) in [4.78, 5) is 0. The molecule has 0 radical (unpaired) electrons. The fourth-order valence-corrected chi connectivity index (χ4v) is 2.50. The van der Waals surface area contributed by atoms with Crippen LogP contribution in [0.5, 0.6) is 5.75 Å². The summed E-state index contributed by atoms with van der Waals surface area (Å²) in [5.74, 6) is 0.836. The Hall–Kier alpha value is -2.61. The van der Waals surface area contributed by atoms with E-state index in [0.717, 1.165) is 6.07 Å². The molecule has 0 aliphatic rings. The van der Waals surface area contributed by atoms with Gasteiger partial charge in [0.15, 0.2) is 10.6 Å². The van der Waals surface area contributed by atoms with Crippen molar-refractivity contribution in [1.82, 2.24) is 14.8 Å². The van der Waals surface area contributed by atoms with Crippen LogP contribution in [-0.4, -0.2) is 14.8 Å². The lowest BCUT2D eigenvalue weighted by Crippen LogP contribution is -2.13. The van der Waals surface area contributed by atoms with E-state index in [0.29, 0.717) is 5.75 Å². The Bertz CT molecular complexity index is 887. The van der Waals surface area contributed by atoms with Crippen LogP contribution in [0.15, 0.2) is 54.6 Å². The number of aromatic amines is 1. The van der Waals surface area contributed by atoms with Gasteiger partial charge in [0.25, 0.3) is 0 Å². The van der Waals surface area contributed by atoms with Gasteiger partial charge in [-0.3, -0.25) is 9.67 Å². The molecule has 4 nitrogen and oxygen atoms in total. The smallest absolute Gasteiger partial charge is 0.418 e. The zero-order chi connectivity index (χ0) is 17.2.